The van der Waals surface area contributed by atoms with Crippen LogP contribution in [0.3, 0.4) is 0 Å². The molecule has 0 atom stereocenters. The van der Waals surface area contributed by atoms with E-state index in [9.17, 15) is 0 Å². The summed E-state index contributed by atoms with van der Waals surface area (Å²) in [6.07, 6.45) is 1.10. The average molecular weight is 112 g/mol. The molecule has 1 heterocycles. The predicted octanol–water partition coefficient (Wildman–Crippen LogP) is 0.730. The lowest BCUT2D eigenvalue weighted by Crippen LogP contribution is -2.29. The first kappa shape index (κ1) is 5.63. The first-order valence-electron chi connectivity index (χ1n) is 3.02. The van der Waals surface area contributed by atoms with Crippen LogP contribution in [0.4, 0.5) is 0 Å². The Morgan fingerprint density at radius 1 is 1.88 bits per heavy atom. The van der Waals surface area contributed by atoms with Crippen LogP contribution < -0.4 is 5.43 Å². The molecule has 1 fully saturated rings. The van der Waals surface area contributed by atoms with Crippen molar-refractivity contribution in [2.45, 2.75) is 13.3 Å². The lowest BCUT2D eigenvalue weighted by molar-refractivity contribution is 0.278. The number of hydrogen-bond acceptors (Lipinski definition) is 2. The fraction of sp³-hybridized carbons (Fsp3) is 0.667. The van der Waals surface area contributed by atoms with Gasteiger partial charge < -0.3 is 5.43 Å². The summed E-state index contributed by atoms with van der Waals surface area (Å²) >= 11 is 0. The molecule has 0 spiro atoms. The molecule has 0 aromatic rings. The Morgan fingerprint density at radius 3 is 2.88 bits per heavy atom. The van der Waals surface area contributed by atoms with Gasteiger partial charge in [-0.2, -0.15) is 0 Å². The summed E-state index contributed by atoms with van der Waals surface area (Å²) in [4.78, 5) is 0. The highest BCUT2D eigenvalue weighted by Gasteiger charge is 2.09. The van der Waals surface area contributed by atoms with Crippen molar-refractivity contribution in [1.29, 1.82) is 0 Å². The van der Waals surface area contributed by atoms with Gasteiger partial charge in [0.05, 0.1) is 0 Å². The first-order valence-corrected chi connectivity index (χ1v) is 3.02. The maximum absolute atomic E-state index is 3.80. The molecule has 1 aliphatic rings. The van der Waals surface area contributed by atoms with Crippen LogP contribution >= 0.6 is 0 Å². The molecule has 0 bridgehead atoms. The second-order valence-electron chi connectivity index (χ2n) is 2.05. The molecule has 8 heavy (non-hydrogen) atoms. The van der Waals surface area contributed by atoms with E-state index in [2.05, 4.69) is 23.9 Å². The zero-order chi connectivity index (χ0) is 5.98. The normalized spacial score (nSPS) is 21.4. The second-order valence-corrected chi connectivity index (χ2v) is 2.05. The van der Waals surface area contributed by atoms with Gasteiger partial charge in [-0.25, -0.2) is 5.01 Å². The molecule has 2 heteroatoms. The van der Waals surface area contributed by atoms with E-state index in [0.29, 0.717) is 0 Å². The zero-order valence-corrected chi connectivity index (χ0v) is 5.28. The molecule has 1 aliphatic heterocycles. The van der Waals surface area contributed by atoms with Crippen LogP contribution in [-0.2, 0) is 0 Å². The molecule has 0 unspecified atom stereocenters. The number of nitrogens with one attached hydrogen (secondary N) is 1. The van der Waals surface area contributed by atoms with E-state index in [1.165, 1.54) is 0 Å². The van der Waals surface area contributed by atoms with Crippen molar-refractivity contribution in [1.82, 2.24) is 10.4 Å². The predicted molar refractivity (Wildman–Crippen MR) is 34.1 cm³/mol. The lowest BCUT2D eigenvalue weighted by atomic mass is 10.4. The Labute approximate surface area is 50.1 Å². The van der Waals surface area contributed by atoms with Gasteiger partial charge in [0, 0.05) is 25.2 Å². The largest absolute Gasteiger partial charge is 0.324 e. The summed E-state index contributed by atoms with van der Waals surface area (Å²) in [5, 5.41) is 2.16. The van der Waals surface area contributed by atoms with Gasteiger partial charge in [-0.1, -0.05) is 13.5 Å². The van der Waals surface area contributed by atoms with Gasteiger partial charge in [-0.05, 0) is 0 Å². The highest BCUT2D eigenvalue weighted by molar-refractivity contribution is 4.95. The van der Waals surface area contributed by atoms with Crippen LogP contribution in [0, 0.1) is 0 Å². The quantitative estimate of drug-likeness (QED) is 0.538. The fourth-order valence-corrected chi connectivity index (χ4v) is 0.842. The first-order chi connectivity index (χ1) is 3.83. The van der Waals surface area contributed by atoms with E-state index < -0.39 is 0 Å². The SMILES string of the molecule is C=C1CCN(CC)N1. The molecule has 1 rings (SSSR count). The zero-order valence-electron chi connectivity index (χ0n) is 5.28. The van der Waals surface area contributed by atoms with Crippen molar-refractivity contribution in [3.05, 3.63) is 12.3 Å². The summed E-state index contributed by atoms with van der Waals surface area (Å²) in [6.45, 7) is 8.12. The third kappa shape index (κ3) is 1.01. The molecule has 2 nitrogen and oxygen atoms in total. The Morgan fingerprint density at radius 2 is 2.62 bits per heavy atom. The van der Waals surface area contributed by atoms with E-state index in [-0.39, 0.29) is 0 Å². The molecule has 0 aliphatic carbocycles. The van der Waals surface area contributed by atoms with Crippen LogP contribution in [0.2, 0.25) is 0 Å². The van der Waals surface area contributed by atoms with Gasteiger partial charge in [0.15, 0.2) is 0 Å². The Hall–Kier alpha value is -0.500. The highest BCUT2D eigenvalue weighted by atomic mass is 15.5. The van der Waals surface area contributed by atoms with E-state index in [1.807, 2.05) is 0 Å². The third-order valence-electron chi connectivity index (χ3n) is 1.38. The van der Waals surface area contributed by atoms with Crippen LogP contribution in [0.1, 0.15) is 13.3 Å². The molecule has 46 valence electrons. The van der Waals surface area contributed by atoms with Crippen molar-refractivity contribution in [2.24, 2.45) is 0 Å². The van der Waals surface area contributed by atoms with Crippen molar-refractivity contribution < 1.29 is 0 Å². The Balaban J connectivity index is 2.32. The molecule has 0 radical (unpaired) electrons. The van der Waals surface area contributed by atoms with Gasteiger partial charge in [0.2, 0.25) is 0 Å². The molecule has 0 aromatic carbocycles. The average Bonchev–Trinajstić information content (AvgIpc) is 2.14. The molecule has 1 saturated heterocycles. The Kier molecular flexibility index (Phi) is 1.53. The smallest absolute Gasteiger partial charge is 0.0233 e. The van der Waals surface area contributed by atoms with Crippen LogP contribution in [0.15, 0.2) is 12.3 Å². The number of hydrogen-bond donors (Lipinski definition) is 1. The molecular formula is C6H12N2. The van der Waals surface area contributed by atoms with Gasteiger partial charge in [0.1, 0.15) is 0 Å². The van der Waals surface area contributed by atoms with Gasteiger partial charge in [-0.3, -0.25) is 0 Å². The Bertz CT molecular complexity index is 98.7. The second kappa shape index (κ2) is 2.18. The minimum absolute atomic E-state index is 1.07. The summed E-state index contributed by atoms with van der Waals surface area (Å²) in [5.41, 5.74) is 4.29. The van der Waals surface area contributed by atoms with E-state index in [0.717, 1.165) is 25.2 Å². The highest BCUT2D eigenvalue weighted by Crippen LogP contribution is 2.04. The third-order valence-corrected chi connectivity index (χ3v) is 1.38. The van der Waals surface area contributed by atoms with Crippen LogP contribution in [0.25, 0.3) is 0 Å². The molecule has 0 aromatic heterocycles. The minimum Gasteiger partial charge on any atom is -0.324 e. The van der Waals surface area contributed by atoms with Crippen molar-refractivity contribution in [3.8, 4) is 0 Å². The van der Waals surface area contributed by atoms with Crippen molar-refractivity contribution >= 4 is 0 Å². The van der Waals surface area contributed by atoms with E-state index >= 15 is 0 Å². The maximum atomic E-state index is 3.80. The summed E-state index contributed by atoms with van der Waals surface area (Å²) in [6, 6.07) is 0. The molecule has 0 saturated carbocycles. The van der Waals surface area contributed by atoms with Gasteiger partial charge in [0.25, 0.3) is 0 Å². The van der Waals surface area contributed by atoms with E-state index in [4.69, 9.17) is 0 Å². The molecule has 0 amide bonds. The number of hydrazine groups is 1. The fourth-order valence-electron chi connectivity index (χ4n) is 0.842. The summed E-state index contributed by atoms with van der Waals surface area (Å²) in [5.74, 6) is 0. The number of rotatable bonds is 1. The standard InChI is InChI=1S/C6H12N2/c1-3-8-5-4-6(2)7-8/h7H,2-5H2,1H3. The molecule has 1 N–H and O–H groups in total. The summed E-state index contributed by atoms with van der Waals surface area (Å²) < 4.78 is 0. The number of nitrogens with zero attached hydrogens (tertiary/aromatic N) is 1. The lowest BCUT2D eigenvalue weighted by Gasteiger charge is -2.11. The topological polar surface area (TPSA) is 15.3 Å². The van der Waals surface area contributed by atoms with Gasteiger partial charge >= 0.3 is 0 Å². The van der Waals surface area contributed by atoms with Gasteiger partial charge in [-0.15, -0.1) is 0 Å². The monoisotopic (exact) mass is 112 g/mol. The molecular weight excluding hydrogens is 100 g/mol. The maximum Gasteiger partial charge on any atom is 0.0233 e. The van der Waals surface area contributed by atoms with Crippen molar-refractivity contribution in [2.75, 3.05) is 13.1 Å². The summed E-state index contributed by atoms with van der Waals surface area (Å²) in [7, 11) is 0. The van der Waals surface area contributed by atoms with Crippen molar-refractivity contribution in [3.63, 3.8) is 0 Å². The van der Waals surface area contributed by atoms with Crippen LogP contribution in [0.5, 0.6) is 0 Å². The van der Waals surface area contributed by atoms with E-state index in [1.54, 1.807) is 0 Å². The van der Waals surface area contributed by atoms with Crippen LogP contribution in [-0.4, -0.2) is 18.1 Å². The minimum atomic E-state index is 1.07.